The van der Waals surface area contributed by atoms with Crippen LogP contribution in [0.3, 0.4) is 0 Å². The van der Waals surface area contributed by atoms with Crippen molar-refractivity contribution in [2.24, 2.45) is 0 Å². The van der Waals surface area contributed by atoms with Crippen LogP contribution in [0.25, 0.3) is 0 Å². The maximum absolute atomic E-state index is 4.34. The van der Waals surface area contributed by atoms with Crippen LogP contribution in [-0.4, -0.2) is 24.3 Å². The van der Waals surface area contributed by atoms with E-state index < -0.39 is 0 Å². The molecule has 1 aromatic heterocycles. The van der Waals surface area contributed by atoms with Gasteiger partial charge >= 0.3 is 0 Å². The molecule has 0 aliphatic rings. The Morgan fingerprint density at radius 2 is 2.42 bits per heavy atom. The summed E-state index contributed by atoms with van der Waals surface area (Å²) in [4.78, 5) is 4.34. The second-order valence-corrected chi connectivity index (χ2v) is 4.41. The summed E-state index contributed by atoms with van der Waals surface area (Å²) < 4.78 is 1.18. The predicted octanol–water partition coefficient (Wildman–Crippen LogP) is 2.18. The summed E-state index contributed by atoms with van der Waals surface area (Å²) in [6.07, 6.45) is 0. The summed E-state index contributed by atoms with van der Waals surface area (Å²) in [5.74, 6) is 1.10. The number of rotatable bonds is 4. The Morgan fingerprint density at radius 3 is 2.92 bits per heavy atom. The molecule has 1 aromatic rings. The molecule has 70 valence electrons. The number of thioether (sulfide) groups is 1. The maximum Gasteiger partial charge on any atom is 0.150 e. The Kier molecular flexibility index (Phi) is 6.84. The van der Waals surface area contributed by atoms with Gasteiger partial charge in [-0.3, -0.25) is 0 Å². The van der Waals surface area contributed by atoms with Crippen molar-refractivity contribution in [3.05, 3.63) is 11.1 Å². The molecule has 1 rings (SSSR count). The van der Waals surface area contributed by atoms with Gasteiger partial charge in [0.15, 0.2) is 0 Å². The van der Waals surface area contributed by atoms with Crippen LogP contribution in [0.15, 0.2) is 9.72 Å². The summed E-state index contributed by atoms with van der Waals surface area (Å²) in [6, 6.07) is 0. The summed E-state index contributed by atoms with van der Waals surface area (Å²) in [5, 5.41) is 5.19. The van der Waals surface area contributed by atoms with Crippen molar-refractivity contribution in [1.82, 2.24) is 10.3 Å². The number of hydrogen-bond acceptors (Lipinski definition) is 4. The lowest BCUT2D eigenvalue weighted by atomic mass is 10.6. The van der Waals surface area contributed by atoms with E-state index in [2.05, 4.69) is 15.7 Å². The topological polar surface area (TPSA) is 24.9 Å². The molecule has 0 atom stereocenters. The number of nitrogens with zero attached hydrogens (tertiary/aromatic N) is 1. The minimum atomic E-state index is 0. The summed E-state index contributed by atoms with van der Waals surface area (Å²) >= 11 is 3.53. The molecule has 0 saturated carbocycles. The van der Waals surface area contributed by atoms with Crippen LogP contribution in [0.4, 0.5) is 0 Å². The van der Waals surface area contributed by atoms with Gasteiger partial charge in [-0.2, -0.15) is 0 Å². The normalized spacial score (nSPS) is 9.50. The van der Waals surface area contributed by atoms with Crippen LogP contribution < -0.4 is 5.32 Å². The first-order valence-electron chi connectivity index (χ1n) is 3.52. The maximum atomic E-state index is 4.34. The van der Waals surface area contributed by atoms with E-state index in [0.29, 0.717) is 0 Å². The number of halogens is 1. The number of aryl methyl sites for hydroxylation is 1. The highest BCUT2D eigenvalue weighted by molar-refractivity contribution is 8.01. The average Bonchev–Trinajstić information content (AvgIpc) is 2.37. The van der Waals surface area contributed by atoms with Crippen molar-refractivity contribution in [3.63, 3.8) is 0 Å². The summed E-state index contributed by atoms with van der Waals surface area (Å²) in [5.41, 5.74) is 1.13. The van der Waals surface area contributed by atoms with Crippen molar-refractivity contribution in [1.29, 1.82) is 0 Å². The first-order valence-corrected chi connectivity index (χ1v) is 5.39. The molecule has 0 unspecified atom stereocenters. The van der Waals surface area contributed by atoms with Crippen LogP contribution in [0.5, 0.6) is 0 Å². The van der Waals surface area contributed by atoms with E-state index in [0.717, 1.165) is 18.0 Å². The highest BCUT2D eigenvalue weighted by Gasteiger charge is 1.97. The van der Waals surface area contributed by atoms with Gasteiger partial charge in [0.25, 0.3) is 0 Å². The molecule has 0 spiro atoms. The van der Waals surface area contributed by atoms with Gasteiger partial charge < -0.3 is 5.32 Å². The summed E-state index contributed by atoms with van der Waals surface area (Å²) in [6.45, 7) is 3.07. The van der Waals surface area contributed by atoms with Crippen LogP contribution in [0.1, 0.15) is 5.69 Å². The van der Waals surface area contributed by atoms with Crippen molar-refractivity contribution in [2.75, 3.05) is 19.3 Å². The van der Waals surface area contributed by atoms with Gasteiger partial charge in [0, 0.05) is 23.4 Å². The molecule has 0 aliphatic heterocycles. The van der Waals surface area contributed by atoms with Gasteiger partial charge in [0.2, 0.25) is 0 Å². The van der Waals surface area contributed by atoms with Crippen LogP contribution in [0.2, 0.25) is 0 Å². The fourth-order valence-electron chi connectivity index (χ4n) is 0.639. The van der Waals surface area contributed by atoms with Crippen molar-refractivity contribution in [2.45, 2.75) is 11.3 Å². The third-order valence-electron chi connectivity index (χ3n) is 1.18. The Morgan fingerprint density at radius 1 is 1.67 bits per heavy atom. The lowest BCUT2D eigenvalue weighted by Crippen LogP contribution is -2.09. The van der Waals surface area contributed by atoms with Crippen molar-refractivity contribution < 1.29 is 0 Å². The van der Waals surface area contributed by atoms with Crippen molar-refractivity contribution in [3.8, 4) is 0 Å². The molecule has 2 nitrogen and oxygen atoms in total. The minimum absolute atomic E-state index is 0. The zero-order chi connectivity index (χ0) is 8.10. The fourth-order valence-corrected chi connectivity index (χ4v) is 2.52. The zero-order valence-electron chi connectivity index (χ0n) is 7.16. The second-order valence-electron chi connectivity index (χ2n) is 2.21. The largest absolute Gasteiger partial charge is 0.319 e. The van der Waals surface area contributed by atoms with E-state index >= 15 is 0 Å². The first kappa shape index (κ1) is 12.2. The molecule has 0 aromatic carbocycles. The Balaban J connectivity index is 0.00000121. The number of thiazole rings is 1. The van der Waals surface area contributed by atoms with Gasteiger partial charge in [0.05, 0.1) is 0 Å². The zero-order valence-corrected chi connectivity index (χ0v) is 9.61. The van der Waals surface area contributed by atoms with Gasteiger partial charge in [-0.1, -0.05) is 11.8 Å². The van der Waals surface area contributed by atoms with Gasteiger partial charge in [-0.25, -0.2) is 4.98 Å². The standard InChI is InChI=1S/C7H12N2S2.ClH/c1-6-5-11-7(9-6)10-4-3-8-2;/h5,8H,3-4H2,1-2H3;1H. The lowest BCUT2D eigenvalue weighted by Gasteiger charge is -1.94. The second kappa shape index (κ2) is 6.71. The quantitative estimate of drug-likeness (QED) is 0.627. The number of nitrogens with one attached hydrogen (secondary N) is 1. The molecule has 0 saturated heterocycles. The molecule has 0 radical (unpaired) electrons. The SMILES string of the molecule is CNCCSc1nc(C)cs1.Cl. The molecule has 0 aliphatic carbocycles. The Bertz CT molecular complexity index is 215. The van der Waals surface area contributed by atoms with Gasteiger partial charge in [-0.15, -0.1) is 23.7 Å². The highest BCUT2D eigenvalue weighted by atomic mass is 35.5. The average molecular weight is 225 g/mol. The van der Waals surface area contributed by atoms with Crippen LogP contribution >= 0.6 is 35.5 Å². The Hall–Kier alpha value is 0.230. The van der Waals surface area contributed by atoms with Gasteiger partial charge in [-0.05, 0) is 14.0 Å². The molecule has 1 N–H and O–H groups in total. The monoisotopic (exact) mass is 224 g/mol. The number of hydrogen-bond donors (Lipinski definition) is 1. The van der Waals surface area contributed by atoms with E-state index in [1.165, 1.54) is 4.34 Å². The van der Waals surface area contributed by atoms with E-state index in [-0.39, 0.29) is 12.4 Å². The predicted molar refractivity (Wildman–Crippen MR) is 58.7 cm³/mol. The van der Waals surface area contributed by atoms with Crippen LogP contribution in [0, 0.1) is 6.92 Å². The minimum Gasteiger partial charge on any atom is -0.319 e. The molecule has 5 heteroatoms. The molecule has 0 bridgehead atoms. The molecule has 1 heterocycles. The molecule has 12 heavy (non-hydrogen) atoms. The molecule has 0 fully saturated rings. The highest BCUT2D eigenvalue weighted by Crippen LogP contribution is 2.21. The summed E-state index contributed by atoms with van der Waals surface area (Å²) in [7, 11) is 1.97. The van der Waals surface area contributed by atoms with E-state index in [1.807, 2.05) is 25.7 Å². The van der Waals surface area contributed by atoms with E-state index in [9.17, 15) is 0 Å². The third kappa shape index (κ3) is 4.30. The van der Waals surface area contributed by atoms with E-state index in [1.54, 1.807) is 11.3 Å². The van der Waals surface area contributed by atoms with E-state index in [4.69, 9.17) is 0 Å². The first-order chi connectivity index (χ1) is 5.33. The lowest BCUT2D eigenvalue weighted by molar-refractivity contribution is 0.871. The number of aromatic nitrogens is 1. The molecular weight excluding hydrogens is 212 g/mol. The molecule has 0 amide bonds. The fraction of sp³-hybridized carbons (Fsp3) is 0.571. The molecular formula is C7H13ClN2S2. The van der Waals surface area contributed by atoms with Gasteiger partial charge in [0.1, 0.15) is 4.34 Å². The smallest absolute Gasteiger partial charge is 0.150 e. The third-order valence-corrected chi connectivity index (χ3v) is 3.32. The Labute approximate surface area is 87.6 Å². The van der Waals surface area contributed by atoms with Crippen molar-refractivity contribution >= 4 is 35.5 Å². The van der Waals surface area contributed by atoms with Crippen LogP contribution in [-0.2, 0) is 0 Å².